The lowest BCUT2D eigenvalue weighted by atomic mass is 10.0. The molecule has 0 saturated carbocycles. The molecule has 2 rings (SSSR count). The van der Waals surface area contributed by atoms with E-state index in [0.717, 1.165) is 62.9 Å². The fourth-order valence-corrected chi connectivity index (χ4v) is 4.96. The topological polar surface area (TPSA) is 18.5 Å². The molecule has 178 valence electrons. The summed E-state index contributed by atoms with van der Waals surface area (Å²) in [6.07, 6.45) is 13.7. The second-order valence-electron chi connectivity index (χ2n) is 8.69. The van der Waals surface area contributed by atoms with Crippen LogP contribution in [-0.2, 0) is 25.7 Å². The first kappa shape index (κ1) is 27.0. The van der Waals surface area contributed by atoms with E-state index in [9.17, 15) is 0 Å². The first-order chi connectivity index (χ1) is 15.6. The van der Waals surface area contributed by atoms with E-state index in [1.165, 1.54) is 47.9 Å². The summed E-state index contributed by atoms with van der Waals surface area (Å²) in [5.74, 6) is 1.74. The Bertz CT molecular complexity index is 727. The summed E-state index contributed by atoms with van der Waals surface area (Å²) in [5, 5.41) is 0. The molecular weight excluding hydrogens is 435 g/mol. The molecule has 0 N–H and O–H groups in total. The normalized spacial score (nSPS) is 11.2. The van der Waals surface area contributed by atoms with Crippen molar-refractivity contribution in [1.29, 1.82) is 0 Å². The zero-order chi connectivity index (χ0) is 23.2. The number of aryl methyl sites for hydroxylation is 4. The van der Waals surface area contributed by atoms with Crippen molar-refractivity contribution in [2.24, 2.45) is 0 Å². The average molecular weight is 477 g/mol. The Kier molecular flexibility index (Phi) is 13.1. The summed E-state index contributed by atoms with van der Waals surface area (Å²) in [4.78, 5) is 0. The van der Waals surface area contributed by atoms with E-state index in [1.54, 1.807) is 0 Å². The van der Waals surface area contributed by atoms with Gasteiger partial charge in [0, 0.05) is 0 Å². The van der Waals surface area contributed by atoms with Crippen LogP contribution in [0.25, 0.3) is 0 Å². The van der Waals surface area contributed by atoms with Crippen molar-refractivity contribution in [3.63, 3.8) is 0 Å². The van der Waals surface area contributed by atoms with Gasteiger partial charge in [-0.25, -0.2) is 0 Å². The number of hydrogen-bond acceptors (Lipinski definition) is 2. The predicted octanol–water partition coefficient (Wildman–Crippen LogP) is 9.98. The van der Waals surface area contributed by atoms with Crippen molar-refractivity contribution in [2.45, 2.75) is 105 Å². The largest absolute Gasteiger partial charge is 0.427 e. The lowest BCUT2D eigenvalue weighted by Crippen LogP contribution is -1.99. The highest BCUT2D eigenvalue weighted by molar-refractivity contribution is 7.76. The smallest absolute Gasteiger partial charge is 0.401 e. The summed E-state index contributed by atoms with van der Waals surface area (Å²) in [6, 6.07) is 13.1. The molecule has 0 aliphatic carbocycles. The summed E-state index contributed by atoms with van der Waals surface area (Å²) >= 11 is 6.63. The second kappa shape index (κ2) is 15.6. The molecule has 0 spiro atoms. The Morgan fingerprint density at radius 2 is 0.969 bits per heavy atom. The van der Waals surface area contributed by atoms with E-state index >= 15 is 0 Å². The molecule has 2 aromatic rings. The third kappa shape index (κ3) is 9.32. The minimum absolute atomic E-state index is 0.870. The first-order valence-corrected chi connectivity index (χ1v) is 14.7. The molecule has 0 atom stereocenters. The van der Waals surface area contributed by atoms with Crippen molar-refractivity contribution in [3.8, 4) is 11.5 Å². The molecular formula is C28H42ClO2P. The molecule has 0 unspecified atom stereocenters. The molecule has 0 fully saturated rings. The van der Waals surface area contributed by atoms with Gasteiger partial charge in [0.25, 0.3) is 0 Å². The highest BCUT2D eigenvalue weighted by atomic mass is 35.7. The Labute approximate surface area is 202 Å². The molecule has 2 aromatic carbocycles. The lowest BCUT2D eigenvalue weighted by Gasteiger charge is -2.18. The highest BCUT2D eigenvalue weighted by Crippen LogP contribution is 2.47. The van der Waals surface area contributed by atoms with Gasteiger partial charge in [0.05, 0.1) is 0 Å². The van der Waals surface area contributed by atoms with Gasteiger partial charge in [-0.05, 0) is 97.0 Å². The zero-order valence-electron chi connectivity index (χ0n) is 20.6. The predicted molar refractivity (Wildman–Crippen MR) is 141 cm³/mol. The van der Waals surface area contributed by atoms with Crippen LogP contribution in [-0.4, -0.2) is 0 Å². The maximum Gasteiger partial charge on any atom is 0.401 e. The fourth-order valence-electron chi connectivity index (χ4n) is 3.81. The Morgan fingerprint density at radius 3 is 1.34 bits per heavy atom. The van der Waals surface area contributed by atoms with E-state index in [-0.39, 0.29) is 0 Å². The van der Waals surface area contributed by atoms with Crippen molar-refractivity contribution in [3.05, 3.63) is 58.7 Å². The number of unbranched alkanes of at least 4 members (excludes halogenated alkanes) is 4. The van der Waals surface area contributed by atoms with Gasteiger partial charge in [0.1, 0.15) is 11.5 Å². The average Bonchev–Trinajstić information content (AvgIpc) is 2.80. The van der Waals surface area contributed by atoms with Gasteiger partial charge in [-0.3, -0.25) is 0 Å². The SMILES string of the molecule is CCCCc1ccc(OP(Cl)Oc2ccc(CCCC)cc2CCCC)c(CCCC)c1. The summed E-state index contributed by atoms with van der Waals surface area (Å²) in [6.45, 7) is 8.92. The van der Waals surface area contributed by atoms with Crippen molar-refractivity contribution in [1.82, 2.24) is 0 Å². The second-order valence-corrected chi connectivity index (χ2v) is 10.3. The Balaban J connectivity index is 2.13. The van der Waals surface area contributed by atoms with Crippen LogP contribution in [0.15, 0.2) is 36.4 Å². The summed E-state index contributed by atoms with van der Waals surface area (Å²) < 4.78 is 12.3. The highest BCUT2D eigenvalue weighted by Gasteiger charge is 2.17. The van der Waals surface area contributed by atoms with Gasteiger partial charge in [0.15, 0.2) is 0 Å². The van der Waals surface area contributed by atoms with Crippen LogP contribution < -0.4 is 9.05 Å². The third-order valence-corrected chi connectivity index (χ3v) is 6.92. The Morgan fingerprint density at radius 1 is 0.594 bits per heavy atom. The van der Waals surface area contributed by atoms with Gasteiger partial charge in [-0.1, -0.05) is 77.6 Å². The van der Waals surface area contributed by atoms with E-state index in [4.69, 9.17) is 20.3 Å². The van der Waals surface area contributed by atoms with Crippen LogP contribution in [0, 0.1) is 0 Å². The minimum Gasteiger partial charge on any atom is -0.427 e. The third-order valence-electron chi connectivity index (χ3n) is 5.83. The van der Waals surface area contributed by atoms with Crippen LogP contribution in [0.1, 0.15) is 101 Å². The molecule has 0 saturated heterocycles. The maximum absolute atomic E-state index is 6.63. The number of benzene rings is 2. The van der Waals surface area contributed by atoms with Gasteiger partial charge in [0.2, 0.25) is 0 Å². The van der Waals surface area contributed by atoms with Crippen LogP contribution in [0.3, 0.4) is 0 Å². The van der Waals surface area contributed by atoms with Crippen LogP contribution in [0.2, 0.25) is 0 Å². The zero-order valence-corrected chi connectivity index (χ0v) is 22.2. The molecule has 0 aliphatic heterocycles. The van der Waals surface area contributed by atoms with Crippen LogP contribution in [0.5, 0.6) is 11.5 Å². The first-order valence-electron chi connectivity index (χ1n) is 12.7. The van der Waals surface area contributed by atoms with Gasteiger partial charge in [-0.2, -0.15) is 0 Å². The monoisotopic (exact) mass is 476 g/mol. The molecule has 0 bridgehead atoms. The van der Waals surface area contributed by atoms with E-state index in [0.29, 0.717) is 0 Å². The molecule has 32 heavy (non-hydrogen) atoms. The standard InChI is InChI=1S/C28H42ClO2P/c1-5-9-13-23-17-19-27(25(21-23)15-11-7-3)30-32(29)31-28-20-18-24(14-10-6-2)22-26(28)16-12-8-4/h17-22H,5-16H2,1-4H3. The van der Waals surface area contributed by atoms with Crippen molar-refractivity contribution < 1.29 is 9.05 Å². The van der Waals surface area contributed by atoms with Gasteiger partial charge >= 0.3 is 7.73 Å². The molecule has 0 radical (unpaired) electrons. The van der Waals surface area contributed by atoms with Crippen LogP contribution >= 0.6 is 19.0 Å². The van der Waals surface area contributed by atoms with Gasteiger partial charge < -0.3 is 9.05 Å². The quantitative estimate of drug-likeness (QED) is 0.224. The fraction of sp³-hybridized carbons (Fsp3) is 0.571. The molecule has 0 aromatic heterocycles. The maximum atomic E-state index is 6.63. The minimum atomic E-state index is -1.56. The Hall–Kier alpha value is -1.24. The van der Waals surface area contributed by atoms with E-state index < -0.39 is 7.73 Å². The van der Waals surface area contributed by atoms with Gasteiger partial charge in [-0.15, -0.1) is 0 Å². The summed E-state index contributed by atoms with van der Waals surface area (Å²) in [7, 11) is -1.56. The van der Waals surface area contributed by atoms with Crippen molar-refractivity contribution in [2.75, 3.05) is 0 Å². The van der Waals surface area contributed by atoms with E-state index in [1.807, 2.05) is 0 Å². The molecule has 4 heteroatoms. The number of hydrogen-bond donors (Lipinski definition) is 0. The molecule has 0 aliphatic rings. The molecule has 0 heterocycles. The van der Waals surface area contributed by atoms with Crippen LogP contribution in [0.4, 0.5) is 0 Å². The lowest BCUT2D eigenvalue weighted by molar-refractivity contribution is 0.498. The van der Waals surface area contributed by atoms with E-state index in [2.05, 4.69) is 64.1 Å². The van der Waals surface area contributed by atoms with Crippen molar-refractivity contribution >= 4 is 19.0 Å². The summed E-state index contributed by atoms with van der Waals surface area (Å²) in [5.41, 5.74) is 5.26. The number of rotatable bonds is 16. The number of halogens is 1. The molecule has 0 amide bonds. The molecule has 2 nitrogen and oxygen atoms in total.